The van der Waals surface area contributed by atoms with Crippen LogP contribution in [0.2, 0.25) is 0 Å². The molecule has 1 heterocycles. The summed E-state index contributed by atoms with van der Waals surface area (Å²) in [5, 5.41) is 0. The molecule has 1 amide bonds. The molecule has 92 valence electrons. The number of nitrogens with zero attached hydrogens (tertiary/aromatic N) is 1. The fraction of sp³-hybridized carbons (Fsp3) is 0.417. The van der Waals surface area contributed by atoms with Crippen LogP contribution in [0.3, 0.4) is 0 Å². The van der Waals surface area contributed by atoms with Gasteiger partial charge < -0.3 is 9.64 Å². The van der Waals surface area contributed by atoms with Gasteiger partial charge in [0.05, 0.1) is 18.8 Å². The molecule has 1 saturated heterocycles. The van der Waals surface area contributed by atoms with Crippen molar-refractivity contribution in [1.29, 1.82) is 0 Å². The molecule has 0 aliphatic carbocycles. The highest BCUT2D eigenvalue weighted by atomic mass is 19.1. The summed E-state index contributed by atoms with van der Waals surface area (Å²) in [5.41, 5.74) is -0.0176. The molecule has 0 atom stereocenters. The molecule has 0 bridgehead atoms. The minimum Gasteiger partial charge on any atom is -0.378 e. The number of rotatable bonds is 1. The Labute approximate surface area is 98.0 Å². The second-order valence-electron chi connectivity index (χ2n) is 3.99. The fourth-order valence-electron chi connectivity index (χ4n) is 1.75. The zero-order valence-corrected chi connectivity index (χ0v) is 9.50. The Hall–Kier alpha value is -1.49. The molecule has 1 aliphatic rings. The van der Waals surface area contributed by atoms with Crippen LogP contribution in [0.5, 0.6) is 0 Å². The van der Waals surface area contributed by atoms with Crippen molar-refractivity contribution in [2.24, 2.45) is 0 Å². The van der Waals surface area contributed by atoms with Crippen LogP contribution in [-0.4, -0.2) is 37.1 Å². The molecule has 0 unspecified atom stereocenters. The number of halogens is 2. The summed E-state index contributed by atoms with van der Waals surface area (Å²) in [6.45, 7) is 3.15. The van der Waals surface area contributed by atoms with Gasteiger partial charge in [-0.1, -0.05) is 0 Å². The van der Waals surface area contributed by atoms with Crippen LogP contribution in [0.15, 0.2) is 12.1 Å². The Morgan fingerprint density at radius 1 is 1.24 bits per heavy atom. The monoisotopic (exact) mass is 241 g/mol. The third kappa shape index (κ3) is 2.44. The first-order valence-corrected chi connectivity index (χ1v) is 5.42. The largest absolute Gasteiger partial charge is 0.378 e. The van der Waals surface area contributed by atoms with Crippen LogP contribution in [0.1, 0.15) is 15.9 Å². The summed E-state index contributed by atoms with van der Waals surface area (Å²) in [6.07, 6.45) is 0. The fourth-order valence-corrected chi connectivity index (χ4v) is 1.75. The highest BCUT2D eigenvalue weighted by Crippen LogP contribution is 2.16. The lowest BCUT2D eigenvalue weighted by Gasteiger charge is -2.27. The van der Waals surface area contributed by atoms with Gasteiger partial charge in [-0.25, -0.2) is 8.78 Å². The van der Waals surface area contributed by atoms with Crippen molar-refractivity contribution < 1.29 is 18.3 Å². The number of amides is 1. The van der Waals surface area contributed by atoms with Gasteiger partial charge in [-0.2, -0.15) is 0 Å². The highest BCUT2D eigenvalue weighted by molar-refractivity contribution is 5.94. The van der Waals surface area contributed by atoms with E-state index in [4.69, 9.17) is 4.74 Å². The van der Waals surface area contributed by atoms with E-state index in [1.807, 2.05) is 0 Å². The predicted molar refractivity (Wildman–Crippen MR) is 57.8 cm³/mol. The molecule has 0 aromatic heterocycles. The van der Waals surface area contributed by atoms with E-state index in [0.29, 0.717) is 26.3 Å². The van der Waals surface area contributed by atoms with Crippen LogP contribution in [0, 0.1) is 18.6 Å². The molecular formula is C12H13F2NO2. The highest BCUT2D eigenvalue weighted by Gasteiger charge is 2.22. The number of benzene rings is 1. The van der Waals surface area contributed by atoms with Crippen LogP contribution >= 0.6 is 0 Å². The average Bonchev–Trinajstić information content (AvgIpc) is 2.34. The smallest absolute Gasteiger partial charge is 0.257 e. The minimum atomic E-state index is -0.680. The number of morpholine rings is 1. The lowest BCUT2D eigenvalue weighted by atomic mass is 10.1. The molecule has 2 rings (SSSR count). The molecule has 0 N–H and O–H groups in total. The Balaban J connectivity index is 2.26. The first kappa shape index (κ1) is 12.0. The van der Waals surface area contributed by atoms with E-state index >= 15 is 0 Å². The topological polar surface area (TPSA) is 29.5 Å². The molecule has 0 saturated carbocycles. The van der Waals surface area contributed by atoms with Gasteiger partial charge >= 0.3 is 0 Å². The van der Waals surface area contributed by atoms with E-state index in [9.17, 15) is 13.6 Å². The van der Waals surface area contributed by atoms with Gasteiger partial charge in [0.2, 0.25) is 0 Å². The third-order valence-electron chi connectivity index (χ3n) is 2.78. The number of carbonyl (C=O) groups excluding carboxylic acids is 1. The Bertz CT molecular complexity index is 442. The second kappa shape index (κ2) is 4.79. The zero-order chi connectivity index (χ0) is 12.4. The molecule has 1 aliphatic heterocycles. The van der Waals surface area contributed by atoms with Crippen molar-refractivity contribution in [2.45, 2.75) is 6.92 Å². The Kier molecular flexibility index (Phi) is 3.38. The van der Waals surface area contributed by atoms with Crippen LogP contribution in [0.25, 0.3) is 0 Å². The van der Waals surface area contributed by atoms with E-state index in [1.54, 1.807) is 0 Å². The lowest BCUT2D eigenvalue weighted by Crippen LogP contribution is -2.41. The van der Waals surface area contributed by atoms with Crippen molar-refractivity contribution in [3.63, 3.8) is 0 Å². The molecule has 0 spiro atoms. The maximum atomic E-state index is 13.6. The summed E-state index contributed by atoms with van der Waals surface area (Å²) in [4.78, 5) is 13.4. The van der Waals surface area contributed by atoms with Crippen LogP contribution in [0.4, 0.5) is 8.78 Å². The summed E-state index contributed by atoms with van der Waals surface area (Å²) in [7, 11) is 0. The van der Waals surface area contributed by atoms with Gasteiger partial charge in [0.1, 0.15) is 11.6 Å². The number of hydrogen-bond acceptors (Lipinski definition) is 2. The van der Waals surface area contributed by atoms with Crippen molar-refractivity contribution in [3.05, 3.63) is 34.9 Å². The van der Waals surface area contributed by atoms with E-state index < -0.39 is 17.5 Å². The van der Waals surface area contributed by atoms with E-state index in [-0.39, 0.29) is 11.1 Å². The Morgan fingerprint density at radius 2 is 1.88 bits per heavy atom. The molecule has 5 heteroatoms. The van der Waals surface area contributed by atoms with Gasteiger partial charge in [0, 0.05) is 13.1 Å². The van der Waals surface area contributed by atoms with E-state index in [1.165, 1.54) is 11.8 Å². The molecule has 1 aromatic carbocycles. The third-order valence-corrected chi connectivity index (χ3v) is 2.78. The van der Waals surface area contributed by atoms with Crippen molar-refractivity contribution in [2.75, 3.05) is 26.3 Å². The minimum absolute atomic E-state index is 0.195. The summed E-state index contributed by atoms with van der Waals surface area (Å²) >= 11 is 0. The molecule has 17 heavy (non-hydrogen) atoms. The van der Waals surface area contributed by atoms with Gasteiger partial charge in [0.15, 0.2) is 0 Å². The number of carbonyl (C=O) groups is 1. The molecule has 1 fully saturated rings. The number of ether oxygens (including phenoxy) is 1. The van der Waals surface area contributed by atoms with E-state index in [2.05, 4.69) is 0 Å². The average molecular weight is 241 g/mol. The molecule has 1 aromatic rings. The normalized spacial score (nSPS) is 16.1. The SMILES string of the molecule is Cc1cc(F)c(C(=O)N2CCOCC2)cc1F. The summed E-state index contributed by atoms with van der Waals surface area (Å²) in [6, 6.07) is 2.01. The van der Waals surface area contributed by atoms with E-state index in [0.717, 1.165) is 12.1 Å². The van der Waals surface area contributed by atoms with Gasteiger partial charge in [-0.15, -0.1) is 0 Å². The Morgan fingerprint density at radius 3 is 2.53 bits per heavy atom. The predicted octanol–water partition coefficient (Wildman–Crippen LogP) is 1.75. The lowest BCUT2D eigenvalue weighted by molar-refractivity contribution is 0.0299. The first-order valence-electron chi connectivity index (χ1n) is 5.42. The number of aryl methyl sites for hydroxylation is 1. The van der Waals surface area contributed by atoms with Crippen molar-refractivity contribution >= 4 is 5.91 Å². The summed E-state index contributed by atoms with van der Waals surface area (Å²) in [5.74, 6) is -1.73. The van der Waals surface area contributed by atoms with Crippen LogP contribution < -0.4 is 0 Å². The molecule has 0 radical (unpaired) electrons. The first-order chi connectivity index (χ1) is 8.09. The molecular weight excluding hydrogens is 228 g/mol. The van der Waals surface area contributed by atoms with Gasteiger partial charge in [-0.3, -0.25) is 4.79 Å². The maximum Gasteiger partial charge on any atom is 0.257 e. The zero-order valence-electron chi connectivity index (χ0n) is 9.50. The quantitative estimate of drug-likeness (QED) is 0.749. The van der Waals surface area contributed by atoms with Crippen molar-refractivity contribution in [3.8, 4) is 0 Å². The van der Waals surface area contributed by atoms with Crippen LogP contribution in [-0.2, 0) is 4.74 Å². The van der Waals surface area contributed by atoms with Gasteiger partial charge in [-0.05, 0) is 24.6 Å². The number of hydrogen-bond donors (Lipinski definition) is 0. The molecule has 3 nitrogen and oxygen atoms in total. The maximum absolute atomic E-state index is 13.6. The van der Waals surface area contributed by atoms with Gasteiger partial charge in [0.25, 0.3) is 5.91 Å². The standard InChI is InChI=1S/C12H13F2NO2/c1-8-6-11(14)9(7-10(8)13)12(16)15-2-4-17-5-3-15/h6-7H,2-5H2,1H3. The van der Waals surface area contributed by atoms with Crippen molar-refractivity contribution in [1.82, 2.24) is 4.90 Å². The summed E-state index contributed by atoms with van der Waals surface area (Å²) < 4.78 is 32.0. The second-order valence-corrected chi connectivity index (χ2v) is 3.99.